The minimum Gasteiger partial charge on any atom is -0.385 e. The lowest BCUT2D eigenvalue weighted by Crippen LogP contribution is -2.19. The molecule has 0 aliphatic heterocycles. The van der Waals surface area contributed by atoms with Crippen LogP contribution in [0.3, 0.4) is 0 Å². The average molecular weight is 219 g/mol. The second-order valence-electron chi connectivity index (χ2n) is 3.06. The monoisotopic (exact) mass is 219 g/mol. The van der Waals surface area contributed by atoms with Crippen LogP contribution in [0.25, 0.3) is 0 Å². The molecule has 0 unspecified atom stereocenters. The molecule has 0 radical (unpaired) electrons. The van der Waals surface area contributed by atoms with E-state index in [1.165, 1.54) is 0 Å². The molecule has 15 heavy (non-hydrogen) atoms. The smallest absolute Gasteiger partial charge is 0.222 e. The van der Waals surface area contributed by atoms with Gasteiger partial charge in [0.15, 0.2) is 0 Å². The Morgan fingerprint density at radius 1 is 1.13 bits per heavy atom. The molecule has 5 heteroatoms. The van der Waals surface area contributed by atoms with Crippen molar-refractivity contribution in [3.8, 4) is 0 Å². The summed E-state index contributed by atoms with van der Waals surface area (Å²) in [6.45, 7) is 2.09. The van der Waals surface area contributed by atoms with Gasteiger partial charge in [0.1, 0.15) is 6.79 Å². The zero-order valence-corrected chi connectivity index (χ0v) is 9.58. The van der Waals surface area contributed by atoms with E-state index in [2.05, 4.69) is 5.32 Å². The average Bonchev–Trinajstić information content (AvgIpc) is 2.26. The fourth-order valence-corrected chi connectivity index (χ4v) is 0.917. The van der Waals surface area contributed by atoms with Gasteiger partial charge in [-0.3, -0.25) is 4.79 Å². The maximum atomic E-state index is 10.8. The van der Waals surface area contributed by atoms with E-state index in [-0.39, 0.29) is 12.7 Å². The van der Waals surface area contributed by atoms with Gasteiger partial charge >= 0.3 is 0 Å². The van der Waals surface area contributed by atoms with Crippen molar-refractivity contribution in [1.29, 1.82) is 0 Å². The third-order valence-corrected chi connectivity index (χ3v) is 1.81. The van der Waals surface area contributed by atoms with E-state index in [1.807, 2.05) is 0 Å². The van der Waals surface area contributed by atoms with Gasteiger partial charge in [-0.05, 0) is 12.8 Å². The molecule has 0 aromatic carbocycles. The number of hydrogen-bond donors (Lipinski definition) is 1. The summed E-state index contributed by atoms with van der Waals surface area (Å²) in [5.41, 5.74) is 0. The Morgan fingerprint density at radius 2 is 1.80 bits per heavy atom. The van der Waals surface area contributed by atoms with Crippen LogP contribution in [0.2, 0.25) is 0 Å². The lowest BCUT2D eigenvalue weighted by atomic mass is 10.3. The number of hydrogen-bond acceptors (Lipinski definition) is 4. The van der Waals surface area contributed by atoms with Crippen molar-refractivity contribution in [2.45, 2.75) is 19.3 Å². The minimum atomic E-state index is -0.0184. The largest absolute Gasteiger partial charge is 0.385 e. The molecule has 0 bridgehead atoms. The molecule has 0 fully saturated rings. The van der Waals surface area contributed by atoms with Crippen LogP contribution in [0.1, 0.15) is 19.3 Å². The Bertz CT molecular complexity index is 152. The van der Waals surface area contributed by atoms with E-state index in [4.69, 9.17) is 14.2 Å². The normalized spacial score (nSPS) is 10.3. The van der Waals surface area contributed by atoms with Gasteiger partial charge in [-0.15, -0.1) is 0 Å². The van der Waals surface area contributed by atoms with E-state index in [0.29, 0.717) is 19.6 Å². The number of unbranched alkanes of at least 4 members (excludes halogenated alkanes) is 1. The van der Waals surface area contributed by atoms with E-state index in [0.717, 1.165) is 19.4 Å². The van der Waals surface area contributed by atoms with Gasteiger partial charge in [-0.2, -0.15) is 0 Å². The highest BCUT2D eigenvalue weighted by atomic mass is 16.7. The molecule has 0 rings (SSSR count). The maximum absolute atomic E-state index is 10.8. The van der Waals surface area contributed by atoms with E-state index in [1.54, 1.807) is 14.2 Å². The van der Waals surface area contributed by atoms with Crippen LogP contribution in [0.4, 0.5) is 0 Å². The zero-order chi connectivity index (χ0) is 11.4. The minimum absolute atomic E-state index is 0.0184. The third kappa shape index (κ3) is 11.3. The van der Waals surface area contributed by atoms with Crippen LogP contribution < -0.4 is 5.32 Å². The number of ether oxygens (including phenoxy) is 3. The second kappa shape index (κ2) is 11.4. The molecule has 1 amide bonds. The molecule has 0 aliphatic rings. The summed E-state index contributed by atoms with van der Waals surface area (Å²) in [6, 6.07) is 0. The molecule has 0 spiro atoms. The molecule has 0 aromatic rings. The van der Waals surface area contributed by atoms with Crippen LogP contribution in [0.5, 0.6) is 0 Å². The summed E-state index contributed by atoms with van der Waals surface area (Å²) in [6.07, 6.45) is 2.34. The van der Waals surface area contributed by atoms with E-state index < -0.39 is 0 Å². The van der Waals surface area contributed by atoms with Gasteiger partial charge in [0.2, 0.25) is 5.91 Å². The highest BCUT2D eigenvalue weighted by Gasteiger charge is 1.96. The summed E-state index contributed by atoms with van der Waals surface area (Å²) >= 11 is 0. The molecule has 1 N–H and O–H groups in total. The Balaban J connectivity index is 2.95. The number of nitrogens with one attached hydrogen (secondary N) is 1. The van der Waals surface area contributed by atoms with Gasteiger partial charge in [-0.25, -0.2) is 0 Å². The number of rotatable bonds is 10. The Labute approximate surface area is 91.1 Å². The fourth-order valence-electron chi connectivity index (χ4n) is 0.917. The first-order valence-electron chi connectivity index (χ1n) is 5.16. The predicted molar refractivity (Wildman–Crippen MR) is 56.6 cm³/mol. The Hall–Kier alpha value is -0.650. The molecule has 5 nitrogen and oxygen atoms in total. The van der Waals surface area contributed by atoms with Gasteiger partial charge in [0.25, 0.3) is 0 Å². The first kappa shape index (κ1) is 14.3. The molecular formula is C10H21NO4. The maximum Gasteiger partial charge on any atom is 0.222 e. The molecule has 0 aromatic heterocycles. The van der Waals surface area contributed by atoms with Crippen molar-refractivity contribution in [2.75, 3.05) is 40.8 Å². The van der Waals surface area contributed by atoms with Crippen molar-refractivity contribution in [2.24, 2.45) is 0 Å². The van der Waals surface area contributed by atoms with Gasteiger partial charge in [0.05, 0.1) is 13.0 Å². The number of amides is 1. The fraction of sp³-hybridized carbons (Fsp3) is 0.900. The summed E-state index contributed by atoms with van der Waals surface area (Å²) in [5.74, 6) is -0.0184. The van der Waals surface area contributed by atoms with Crippen LogP contribution in [-0.2, 0) is 19.0 Å². The number of carbonyl (C=O) groups is 1. The predicted octanol–water partition coefficient (Wildman–Crippen LogP) is 0.540. The van der Waals surface area contributed by atoms with Crippen molar-refractivity contribution >= 4 is 5.91 Å². The molecule has 0 atom stereocenters. The summed E-state index contributed by atoms with van der Waals surface area (Å²) in [7, 11) is 3.29. The zero-order valence-electron chi connectivity index (χ0n) is 9.58. The van der Waals surface area contributed by atoms with Crippen molar-refractivity contribution in [3.63, 3.8) is 0 Å². The van der Waals surface area contributed by atoms with Crippen LogP contribution in [0, 0.1) is 0 Å². The number of methoxy groups -OCH3 is 1. The second-order valence-corrected chi connectivity index (χ2v) is 3.06. The summed E-state index contributed by atoms with van der Waals surface area (Å²) in [5, 5.41) is 2.52. The Morgan fingerprint density at radius 3 is 2.47 bits per heavy atom. The van der Waals surface area contributed by atoms with Gasteiger partial charge in [0, 0.05) is 27.4 Å². The van der Waals surface area contributed by atoms with E-state index in [9.17, 15) is 4.79 Å². The highest BCUT2D eigenvalue weighted by Crippen LogP contribution is 1.91. The van der Waals surface area contributed by atoms with Crippen LogP contribution >= 0.6 is 0 Å². The Kier molecular flexibility index (Phi) is 10.9. The molecule has 0 aliphatic carbocycles. The standard InChI is InChI=1S/C10H21NO4/c1-11-10(12)5-8-15-9-14-7-4-3-6-13-2/h3-9H2,1-2H3,(H,11,12). The molecule has 0 saturated heterocycles. The van der Waals surface area contributed by atoms with Crippen LogP contribution in [0.15, 0.2) is 0 Å². The third-order valence-electron chi connectivity index (χ3n) is 1.81. The summed E-state index contributed by atoms with van der Waals surface area (Å²) in [4.78, 5) is 10.8. The summed E-state index contributed by atoms with van der Waals surface area (Å²) < 4.78 is 15.2. The van der Waals surface area contributed by atoms with Gasteiger partial charge in [-0.1, -0.05) is 0 Å². The van der Waals surface area contributed by atoms with Gasteiger partial charge < -0.3 is 19.5 Å². The first-order chi connectivity index (χ1) is 7.31. The van der Waals surface area contributed by atoms with Crippen LogP contribution in [-0.4, -0.2) is 46.7 Å². The lowest BCUT2D eigenvalue weighted by Gasteiger charge is -2.05. The number of carbonyl (C=O) groups excluding carboxylic acids is 1. The van der Waals surface area contributed by atoms with Crippen molar-refractivity contribution in [3.05, 3.63) is 0 Å². The lowest BCUT2D eigenvalue weighted by molar-refractivity contribution is -0.123. The van der Waals surface area contributed by atoms with E-state index >= 15 is 0 Å². The van der Waals surface area contributed by atoms with Crippen molar-refractivity contribution in [1.82, 2.24) is 5.32 Å². The van der Waals surface area contributed by atoms with Crippen molar-refractivity contribution < 1.29 is 19.0 Å². The molecule has 0 saturated carbocycles. The quantitative estimate of drug-likeness (QED) is 0.430. The first-order valence-corrected chi connectivity index (χ1v) is 5.16. The topological polar surface area (TPSA) is 56.8 Å². The molecule has 90 valence electrons. The SMILES string of the molecule is CNC(=O)CCOCOCCCCOC. The molecular weight excluding hydrogens is 198 g/mol. The molecule has 0 heterocycles. The highest BCUT2D eigenvalue weighted by molar-refractivity contribution is 5.75.